The van der Waals surface area contributed by atoms with E-state index in [0.29, 0.717) is 0 Å². The molecule has 2 heterocycles. The van der Waals surface area contributed by atoms with Gasteiger partial charge in [-0.15, -0.1) is 0 Å². The van der Waals surface area contributed by atoms with Crippen LogP contribution in [0.2, 0.25) is 0 Å². The Morgan fingerprint density at radius 2 is 1.68 bits per heavy atom. The first-order chi connectivity index (χ1) is 10.9. The van der Waals surface area contributed by atoms with Crippen LogP contribution in [-0.2, 0) is 0 Å². The molecular formula is C18H19N3O. The predicted molar refractivity (Wildman–Crippen MR) is 87.2 cm³/mol. The molecule has 0 spiro atoms. The van der Waals surface area contributed by atoms with Gasteiger partial charge in [-0.3, -0.25) is 0 Å². The minimum atomic E-state index is 0.168. The average molecular weight is 293 g/mol. The quantitative estimate of drug-likeness (QED) is 0.911. The molecule has 0 aromatic heterocycles. The lowest BCUT2D eigenvalue weighted by Crippen LogP contribution is -2.56. The number of piperidine rings is 1. The fourth-order valence-corrected chi connectivity index (χ4v) is 3.17. The Morgan fingerprint density at radius 1 is 0.955 bits per heavy atom. The number of hydrogen-bond acceptors (Lipinski definition) is 4. The van der Waals surface area contributed by atoms with Gasteiger partial charge in [-0.1, -0.05) is 48.5 Å². The molecule has 1 fully saturated rings. The smallest absolute Gasteiger partial charge is 0.119 e. The molecule has 4 rings (SSSR count). The first kappa shape index (κ1) is 13.3. The Morgan fingerprint density at radius 3 is 2.45 bits per heavy atom. The van der Waals surface area contributed by atoms with Gasteiger partial charge in [0.2, 0.25) is 0 Å². The minimum Gasteiger partial charge on any atom is -0.489 e. The summed E-state index contributed by atoms with van der Waals surface area (Å²) in [7, 11) is 0. The summed E-state index contributed by atoms with van der Waals surface area (Å²) in [6.07, 6.45) is 1.12. The Kier molecular flexibility index (Phi) is 3.52. The largest absolute Gasteiger partial charge is 0.489 e. The second-order valence-corrected chi connectivity index (χ2v) is 5.77. The van der Waals surface area contributed by atoms with Crippen LogP contribution in [0.1, 0.15) is 12.0 Å². The van der Waals surface area contributed by atoms with Gasteiger partial charge in [0, 0.05) is 13.0 Å². The van der Waals surface area contributed by atoms with Crippen LogP contribution in [0.5, 0.6) is 5.75 Å². The predicted octanol–water partition coefficient (Wildman–Crippen LogP) is 2.17. The first-order valence-corrected chi connectivity index (χ1v) is 7.74. The molecule has 2 aliphatic rings. The number of rotatable bonds is 3. The fraction of sp³-hybridized carbons (Fsp3) is 0.278. The number of hydrazone groups is 1. The van der Waals surface area contributed by atoms with E-state index in [4.69, 9.17) is 4.74 Å². The number of ether oxygens (including phenoxy) is 1. The number of fused-ring (bicyclic) bond motifs is 1. The fourth-order valence-electron chi connectivity index (χ4n) is 3.17. The van der Waals surface area contributed by atoms with Gasteiger partial charge in [0.25, 0.3) is 0 Å². The normalized spacial score (nSPS) is 26.7. The number of benzene rings is 2. The molecule has 0 bridgehead atoms. The van der Waals surface area contributed by atoms with E-state index in [-0.39, 0.29) is 18.2 Å². The van der Waals surface area contributed by atoms with Crippen LogP contribution in [0.25, 0.3) is 0 Å². The molecule has 0 saturated carbocycles. The van der Waals surface area contributed by atoms with Crippen LogP contribution in [0.4, 0.5) is 0 Å². The van der Waals surface area contributed by atoms with Gasteiger partial charge in [0.05, 0.1) is 17.8 Å². The summed E-state index contributed by atoms with van der Waals surface area (Å²) in [6, 6.07) is 20.9. The highest BCUT2D eigenvalue weighted by Crippen LogP contribution is 2.22. The molecule has 22 heavy (non-hydrogen) atoms. The number of hydrogen-bond donors (Lipinski definition) is 2. The SMILES string of the molecule is c1ccc(OC2CNC3C(c4ccccc4)=NNC3C2)cc1. The second-order valence-electron chi connectivity index (χ2n) is 5.77. The maximum absolute atomic E-state index is 6.05. The molecule has 2 N–H and O–H groups in total. The summed E-state index contributed by atoms with van der Waals surface area (Å²) in [4.78, 5) is 0. The van der Waals surface area contributed by atoms with Crippen LogP contribution >= 0.6 is 0 Å². The van der Waals surface area contributed by atoms with Crippen molar-refractivity contribution < 1.29 is 4.74 Å². The molecule has 2 aromatic carbocycles. The van der Waals surface area contributed by atoms with Crippen molar-refractivity contribution in [2.75, 3.05) is 6.54 Å². The Bertz CT molecular complexity index is 657. The van der Waals surface area contributed by atoms with Gasteiger partial charge in [-0.05, 0) is 17.7 Å². The summed E-state index contributed by atoms with van der Waals surface area (Å²) in [5, 5.41) is 8.12. The zero-order chi connectivity index (χ0) is 14.8. The lowest BCUT2D eigenvalue weighted by Gasteiger charge is -2.33. The molecule has 2 aromatic rings. The highest BCUT2D eigenvalue weighted by Gasteiger charge is 2.38. The molecule has 0 radical (unpaired) electrons. The first-order valence-electron chi connectivity index (χ1n) is 7.74. The van der Waals surface area contributed by atoms with Gasteiger partial charge in [0.15, 0.2) is 0 Å². The second kappa shape index (κ2) is 5.81. The van der Waals surface area contributed by atoms with E-state index in [2.05, 4.69) is 40.1 Å². The van der Waals surface area contributed by atoms with E-state index >= 15 is 0 Å². The molecule has 2 aliphatic heterocycles. The van der Waals surface area contributed by atoms with Gasteiger partial charge < -0.3 is 15.5 Å². The van der Waals surface area contributed by atoms with Crippen molar-refractivity contribution in [2.45, 2.75) is 24.6 Å². The zero-order valence-corrected chi connectivity index (χ0v) is 12.3. The third-order valence-electron chi connectivity index (χ3n) is 4.25. The minimum absolute atomic E-state index is 0.168. The Labute approximate surface area is 130 Å². The molecule has 4 heteroatoms. The van der Waals surface area contributed by atoms with Gasteiger partial charge >= 0.3 is 0 Å². The third kappa shape index (κ3) is 2.57. The molecule has 112 valence electrons. The highest BCUT2D eigenvalue weighted by molar-refractivity contribution is 6.05. The molecule has 3 unspecified atom stereocenters. The Balaban J connectivity index is 1.43. The summed E-state index contributed by atoms with van der Waals surface area (Å²) in [5.74, 6) is 0.926. The van der Waals surface area contributed by atoms with E-state index in [1.165, 1.54) is 5.56 Å². The standard InChI is InChI=1S/C18H19N3O/c1-3-7-13(8-4-1)17-18-16(20-21-17)11-15(12-19-18)22-14-9-5-2-6-10-14/h1-10,15-16,18-20H,11-12H2. The molecule has 4 nitrogen and oxygen atoms in total. The van der Waals surface area contributed by atoms with Crippen molar-refractivity contribution >= 4 is 5.71 Å². The van der Waals surface area contributed by atoms with E-state index in [1.807, 2.05) is 36.4 Å². The Hall–Kier alpha value is -2.33. The van der Waals surface area contributed by atoms with Crippen LogP contribution < -0.4 is 15.5 Å². The summed E-state index contributed by atoms with van der Waals surface area (Å²) >= 11 is 0. The average Bonchev–Trinajstić information content (AvgIpc) is 3.00. The number of nitrogens with one attached hydrogen (secondary N) is 2. The van der Waals surface area contributed by atoms with Crippen LogP contribution in [0.3, 0.4) is 0 Å². The molecule has 0 aliphatic carbocycles. The van der Waals surface area contributed by atoms with Crippen LogP contribution in [0, 0.1) is 0 Å². The number of nitrogens with zero attached hydrogens (tertiary/aromatic N) is 1. The van der Waals surface area contributed by atoms with E-state index in [1.54, 1.807) is 0 Å². The van der Waals surface area contributed by atoms with Crippen LogP contribution in [0.15, 0.2) is 65.8 Å². The summed E-state index contributed by atoms with van der Waals surface area (Å²) in [5.41, 5.74) is 5.55. The van der Waals surface area contributed by atoms with Crippen molar-refractivity contribution in [1.82, 2.24) is 10.7 Å². The molecular weight excluding hydrogens is 274 g/mol. The lowest BCUT2D eigenvalue weighted by atomic mass is 9.91. The van der Waals surface area contributed by atoms with Gasteiger partial charge in [-0.2, -0.15) is 5.10 Å². The van der Waals surface area contributed by atoms with E-state index in [9.17, 15) is 0 Å². The summed E-state index contributed by atoms with van der Waals surface area (Å²) in [6.45, 7) is 0.837. The highest BCUT2D eigenvalue weighted by atomic mass is 16.5. The van der Waals surface area contributed by atoms with Crippen molar-refractivity contribution in [1.29, 1.82) is 0 Å². The topological polar surface area (TPSA) is 45.6 Å². The van der Waals surface area contributed by atoms with Gasteiger partial charge in [-0.25, -0.2) is 0 Å². The molecule has 0 amide bonds. The molecule has 3 atom stereocenters. The maximum Gasteiger partial charge on any atom is 0.119 e. The van der Waals surface area contributed by atoms with Crippen molar-refractivity contribution in [3.63, 3.8) is 0 Å². The lowest BCUT2D eigenvalue weighted by molar-refractivity contribution is 0.143. The third-order valence-corrected chi connectivity index (χ3v) is 4.25. The number of para-hydroxylation sites is 1. The van der Waals surface area contributed by atoms with E-state index < -0.39 is 0 Å². The molecule has 1 saturated heterocycles. The van der Waals surface area contributed by atoms with E-state index in [0.717, 1.165) is 24.4 Å². The van der Waals surface area contributed by atoms with Crippen molar-refractivity contribution in [3.05, 3.63) is 66.2 Å². The van der Waals surface area contributed by atoms with Crippen molar-refractivity contribution in [2.24, 2.45) is 5.10 Å². The van der Waals surface area contributed by atoms with Crippen molar-refractivity contribution in [3.8, 4) is 5.75 Å². The van der Waals surface area contributed by atoms with Gasteiger partial charge in [0.1, 0.15) is 11.9 Å². The van der Waals surface area contributed by atoms with Crippen LogP contribution in [-0.4, -0.2) is 30.4 Å². The zero-order valence-electron chi connectivity index (χ0n) is 12.3. The summed E-state index contributed by atoms with van der Waals surface area (Å²) < 4.78 is 6.05. The monoisotopic (exact) mass is 293 g/mol. The maximum atomic E-state index is 6.05.